The van der Waals surface area contributed by atoms with Crippen LogP contribution in [0, 0.1) is 13.8 Å². The molecule has 0 saturated carbocycles. The number of aryl methyl sites for hydroxylation is 1. The Morgan fingerprint density at radius 2 is 1.72 bits per heavy atom. The molecule has 0 bridgehead atoms. The Kier molecular flexibility index (Phi) is 6.43. The minimum atomic E-state index is -3.60. The van der Waals surface area contributed by atoms with Crippen molar-refractivity contribution in [3.8, 4) is 0 Å². The number of anilines is 1. The van der Waals surface area contributed by atoms with Crippen molar-refractivity contribution in [3.63, 3.8) is 0 Å². The van der Waals surface area contributed by atoms with Crippen LogP contribution < -0.4 is 4.90 Å². The van der Waals surface area contributed by atoms with Crippen molar-refractivity contribution in [3.05, 3.63) is 41.7 Å². The first-order chi connectivity index (χ1) is 13.7. The summed E-state index contributed by atoms with van der Waals surface area (Å²) in [7, 11) is -3.60. The van der Waals surface area contributed by atoms with Crippen molar-refractivity contribution >= 4 is 21.6 Å². The van der Waals surface area contributed by atoms with Crippen LogP contribution in [-0.4, -0.2) is 47.5 Å². The van der Waals surface area contributed by atoms with Crippen molar-refractivity contribution in [2.45, 2.75) is 64.4 Å². The number of hydrogen-bond donors (Lipinski definition) is 0. The smallest absolute Gasteiger partial charge is 0.248 e. The molecule has 29 heavy (non-hydrogen) atoms. The molecule has 0 N–H and O–H groups in total. The van der Waals surface area contributed by atoms with Crippen LogP contribution in [-0.2, 0) is 21.4 Å². The molecule has 1 aromatic heterocycles. The lowest BCUT2D eigenvalue weighted by Gasteiger charge is -2.27. The summed E-state index contributed by atoms with van der Waals surface area (Å²) in [4.78, 5) is 15.0. The molecule has 8 heteroatoms. The number of piperidine rings is 1. The molecule has 0 radical (unpaired) electrons. The predicted molar refractivity (Wildman–Crippen MR) is 113 cm³/mol. The Balaban J connectivity index is 1.89. The summed E-state index contributed by atoms with van der Waals surface area (Å²) in [6, 6.07) is 9.45. The molecule has 1 fully saturated rings. The Morgan fingerprint density at radius 3 is 2.31 bits per heavy atom. The van der Waals surface area contributed by atoms with Gasteiger partial charge in [0.2, 0.25) is 15.9 Å². The predicted octanol–water partition coefficient (Wildman–Crippen LogP) is 3.12. The molecule has 1 aromatic carbocycles. The summed E-state index contributed by atoms with van der Waals surface area (Å²) in [6.45, 7) is 8.42. The maximum Gasteiger partial charge on any atom is 0.248 e. The Labute approximate surface area is 173 Å². The molecule has 0 atom stereocenters. The van der Waals surface area contributed by atoms with Gasteiger partial charge >= 0.3 is 0 Å². The topological polar surface area (TPSA) is 75.5 Å². The molecule has 7 nitrogen and oxygen atoms in total. The molecule has 1 aliphatic heterocycles. The largest absolute Gasteiger partial charge is 0.308 e. The molecule has 2 aromatic rings. The molecule has 3 rings (SSSR count). The number of hydrogen-bond acceptors (Lipinski definition) is 4. The summed E-state index contributed by atoms with van der Waals surface area (Å²) in [5.41, 5.74) is 1.77. The van der Waals surface area contributed by atoms with Gasteiger partial charge in [0.15, 0.2) is 0 Å². The van der Waals surface area contributed by atoms with E-state index >= 15 is 0 Å². The van der Waals surface area contributed by atoms with E-state index < -0.39 is 10.0 Å². The van der Waals surface area contributed by atoms with Crippen LogP contribution in [0.15, 0.2) is 35.2 Å². The van der Waals surface area contributed by atoms with Gasteiger partial charge in [-0.3, -0.25) is 9.48 Å². The average molecular weight is 419 g/mol. The number of nitrogens with zero attached hydrogens (tertiary/aromatic N) is 4. The van der Waals surface area contributed by atoms with Gasteiger partial charge in [-0.15, -0.1) is 0 Å². The molecular weight excluding hydrogens is 388 g/mol. The van der Waals surface area contributed by atoms with Crippen molar-refractivity contribution in [1.82, 2.24) is 14.1 Å². The fourth-order valence-corrected chi connectivity index (χ4v) is 5.86. The van der Waals surface area contributed by atoms with Gasteiger partial charge < -0.3 is 4.90 Å². The van der Waals surface area contributed by atoms with Gasteiger partial charge in [-0.05, 0) is 52.7 Å². The monoisotopic (exact) mass is 418 g/mol. The SMILES string of the molecule is Cc1nn(CC(=O)N(c2ccccc2)C(C)C)c(C)c1S(=O)(=O)N1CCCCC1. The number of aromatic nitrogens is 2. The van der Waals surface area contributed by atoms with Crippen molar-refractivity contribution in [1.29, 1.82) is 0 Å². The van der Waals surface area contributed by atoms with Gasteiger partial charge in [0.05, 0.1) is 11.4 Å². The number of carbonyl (C=O) groups is 1. The average Bonchev–Trinajstić information content (AvgIpc) is 2.96. The Morgan fingerprint density at radius 1 is 1.10 bits per heavy atom. The van der Waals surface area contributed by atoms with Crippen LogP contribution in [0.25, 0.3) is 0 Å². The molecule has 1 saturated heterocycles. The van der Waals surface area contributed by atoms with E-state index in [-0.39, 0.29) is 23.4 Å². The zero-order valence-corrected chi connectivity index (χ0v) is 18.4. The fraction of sp³-hybridized carbons (Fsp3) is 0.524. The highest BCUT2D eigenvalue weighted by Gasteiger charge is 2.32. The van der Waals surface area contributed by atoms with Gasteiger partial charge in [-0.2, -0.15) is 9.40 Å². The van der Waals surface area contributed by atoms with Crippen LogP contribution in [0.1, 0.15) is 44.5 Å². The lowest BCUT2D eigenvalue weighted by Crippen LogP contribution is -2.39. The molecule has 1 aliphatic rings. The van der Waals surface area contributed by atoms with Crippen LogP contribution in [0.3, 0.4) is 0 Å². The zero-order chi connectivity index (χ0) is 21.2. The number of sulfonamides is 1. The van der Waals surface area contributed by atoms with E-state index in [1.165, 1.54) is 4.68 Å². The second kappa shape index (κ2) is 8.67. The molecule has 0 aliphatic carbocycles. The van der Waals surface area contributed by atoms with E-state index in [9.17, 15) is 13.2 Å². The standard InChI is InChI=1S/C21H30N4O3S/c1-16(2)25(19-11-7-5-8-12-19)20(26)15-24-18(4)21(17(3)22-24)29(27,28)23-13-9-6-10-14-23/h5,7-8,11-12,16H,6,9-10,13-15H2,1-4H3. The first-order valence-electron chi connectivity index (χ1n) is 10.1. The second-order valence-corrected chi connectivity index (χ2v) is 9.69. The van der Waals surface area contributed by atoms with Crippen LogP contribution in [0.2, 0.25) is 0 Å². The van der Waals surface area contributed by atoms with E-state index in [2.05, 4.69) is 5.10 Å². The Hall–Kier alpha value is -2.19. The van der Waals surface area contributed by atoms with Crippen LogP contribution in [0.5, 0.6) is 0 Å². The number of carbonyl (C=O) groups excluding carboxylic acids is 1. The first kappa shape index (κ1) is 21.5. The van der Waals surface area contributed by atoms with Crippen LogP contribution in [0.4, 0.5) is 5.69 Å². The van der Waals surface area contributed by atoms with Crippen molar-refractivity contribution in [2.24, 2.45) is 0 Å². The molecular formula is C21H30N4O3S. The number of para-hydroxylation sites is 1. The summed E-state index contributed by atoms with van der Waals surface area (Å²) in [5, 5.41) is 4.41. The molecule has 2 heterocycles. The Bertz CT molecular complexity index is 961. The minimum absolute atomic E-state index is 0.00469. The van der Waals surface area contributed by atoms with Crippen molar-refractivity contribution < 1.29 is 13.2 Å². The third-order valence-electron chi connectivity index (χ3n) is 5.33. The second-order valence-electron chi connectivity index (χ2n) is 7.82. The molecule has 158 valence electrons. The summed E-state index contributed by atoms with van der Waals surface area (Å²) >= 11 is 0. The quantitative estimate of drug-likeness (QED) is 0.722. The molecule has 0 unspecified atom stereocenters. The third kappa shape index (κ3) is 4.38. The lowest BCUT2D eigenvalue weighted by atomic mass is 10.2. The van der Waals surface area contributed by atoms with Crippen molar-refractivity contribution in [2.75, 3.05) is 18.0 Å². The fourth-order valence-electron chi connectivity index (χ4n) is 3.97. The van der Waals surface area contributed by atoms with E-state index in [1.54, 1.807) is 23.1 Å². The number of benzene rings is 1. The zero-order valence-electron chi connectivity index (χ0n) is 17.6. The minimum Gasteiger partial charge on any atom is -0.308 e. The molecule has 0 spiro atoms. The molecule has 1 amide bonds. The van der Waals surface area contributed by atoms with Gasteiger partial charge in [-0.25, -0.2) is 8.42 Å². The van der Waals surface area contributed by atoms with Crippen LogP contribution >= 0.6 is 0 Å². The normalized spacial score (nSPS) is 15.6. The maximum absolute atomic E-state index is 13.2. The lowest BCUT2D eigenvalue weighted by molar-refractivity contribution is -0.119. The van der Waals surface area contributed by atoms with E-state index in [0.29, 0.717) is 24.5 Å². The maximum atomic E-state index is 13.2. The highest BCUT2D eigenvalue weighted by Crippen LogP contribution is 2.26. The highest BCUT2D eigenvalue weighted by atomic mass is 32.2. The highest BCUT2D eigenvalue weighted by molar-refractivity contribution is 7.89. The van der Waals surface area contributed by atoms with Gasteiger partial charge in [-0.1, -0.05) is 24.6 Å². The summed E-state index contributed by atoms with van der Waals surface area (Å²) in [6.07, 6.45) is 2.82. The van der Waals surface area contributed by atoms with E-state index in [1.807, 2.05) is 44.2 Å². The van der Waals surface area contributed by atoms with E-state index in [4.69, 9.17) is 0 Å². The van der Waals surface area contributed by atoms with Gasteiger partial charge in [0.1, 0.15) is 11.4 Å². The first-order valence-corrected chi connectivity index (χ1v) is 11.6. The van der Waals surface area contributed by atoms with E-state index in [0.717, 1.165) is 24.9 Å². The van der Waals surface area contributed by atoms with Gasteiger partial charge in [0.25, 0.3) is 0 Å². The summed E-state index contributed by atoms with van der Waals surface area (Å²) < 4.78 is 29.4. The number of rotatable bonds is 6. The van der Waals surface area contributed by atoms with Gasteiger partial charge in [0, 0.05) is 24.8 Å². The third-order valence-corrected chi connectivity index (χ3v) is 7.48. The summed E-state index contributed by atoms with van der Waals surface area (Å²) in [5.74, 6) is -0.126. The number of amides is 1.